The number of hydrogen-bond donors (Lipinski definition) is 1. The number of hydrogen-bond acceptors (Lipinski definition) is 2. The molecule has 1 amide bonds. The molecule has 0 saturated carbocycles. The van der Waals surface area contributed by atoms with Gasteiger partial charge in [-0.1, -0.05) is 6.07 Å². The van der Waals surface area contributed by atoms with E-state index in [-0.39, 0.29) is 18.0 Å². The molecule has 1 unspecified atom stereocenters. The molecule has 0 spiro atoms. The Labute approximate surface area is 101 Å². The van der Waals surface area contributed by atoms with Crippen LogP contribution in [0.5, 0.6) is 0 Å². The lowest BCUT2D eigenvalue weighted by atomic mass is 10.1. The van der Waals surface area contributed by atoms with Crippen molar-refractivity contribution >= 4 is 21.8 Å². The lowest BCUT2D eigenvalue weighted by Gasteiger charge is -2.11. The first-order valence-electron chi connectivity index (χ1n) is 4.68. The van der Waals surface area contributed by atoms with Crippen LogP contribution in [0, 0.1) is 17.1 Å². The summed E-state index contributed by atoms with van der Waals surface area (Å²) in [6.07, 6.45) is 0.192. The lowest BCUT2D eigenvalue weighted by Crippen LogP contribution is -2.33. The average Bonchev–Trinajstić information content (AvgIpc) is 2.17. The van der Waals surface area contributed by atoms with Gasteiger partial charge in [0.2, 0.25) is 0 Å². The van der Waals surface area contributed by atoms with E-state index in [0.717, 1.165) is 0 Å². The molecule has 0 bridgehead atoms. The molecule has 0 aliphatic carbocycles. The van der Waals surface area contributed by atoms with Gasteiger partial charge in [0.25, 0.3) is 5.91 Å². The summed E-state index contributed by atoms with van der Waals surface area (Å²) in [7, 11) is 0. The van der Waals surface area contributed by atoms with Gasteiger partial charge >= 0.3 is 0 Å². The number of amides is 1. The molecule has 0 aromatic heterocycles. The monoisotopic (exact) mass is 284 g/mol. The summed E-state index contributed by atoms with van der Waals surface area (Å²) in [5, 5.41) is 11.0. The van der Waals surface area contributed by atoms with E-state index in [9.17, 15) is 9.18 Å². The molecule has 84 valence electrons. The standard InChI is InChI=1S/C11H10BrFN2O/c1-7(5-6-14)15-11(16)10-8(12)3-2-4-9(10)13/h2-4,7H,5H2,1H3,(H,15,16). The highest BCUT2D eigenvalue weighted by Crippen LogP contribution is 2.19. The Bertz CT molecular complexity index is 422. The first-order chi connectivity index (χ1) is 7.56. The van der Waals surface area contributed by atoms with E-state index in [0.29, 0.717) is 4.47 Å². The Morgan fingerprint density at radius 1 is 1.69 bits per heavy atom. The van der Waals surface area contributed by atoms with Gasteiger partial charge in [-0.25, -0.2) is 4.39 Å². The maximum Gasteiger partial charge on any atom is 0.255 e. The third-order valence-electron chi connectivity index (χ3n) is 1.96. The maximum atomic E-state index is 13.4. The van der Waals surface area contributed by atoms with Crippen molar-refractivity contribution in [1.29, 1.82) is 5.26 Å². The van der Waals surface area contributed by atoms with Crippen molar-refractivity contribution in [3.05, 3.63) is 34.1 Å². The van der Waals surface area contributed by atoms with Crippen LogP contribution in [0.15, 0.2) is 22.7 Å². The zero-order valence-corrected chi connectivity index (χ0v) is 10.2. The van der Waals surface area contributed by atoms with E-state index in [1.807, 2.05) is 6.07 Å². The molecule has 0 aliphatic heterocycles. The zero-order valence-electron chi connectivity index (χ0n) is 8.63. The Morgan fingerprint density at radius 2 is 2.38 bits per heavy atom. The number of benzene rings is 1. The molecule has 1 rings (SSSR count). The molecule has 0 radical (unpaired) electrons. The van der Waals surface area contributed by atoms with Crippen LogP contribution in [0.4, 0.5) is 4.39 Å². The fourth-order valence-electron chi connectivity index (χ4n) is 1.20. The molecule has 1 atom stereocenters. The van der Waals surface area contributed by atoms with Gasteiger partial charge in [-0.05, 0) is 35.0 Å². The van der Waals surface area contributed by atoms with Gasteiger partial charge in [0.05, 0.1) is 18.1 Å². The largest absolute Gasteiger partial charge is 0.348 e. The third kappa shape index (κ3) is 3.04. The molecule has 16 heavy (non-hydrogen) atoms. The van der Waals surface area contributed by atoms with Crippen LogP contribution in [0.2, 0.25) is 0 Å². The minimum atomic E-state index is -0.587. The Balaban J connectivity index is 2.85. The van der Waals surface area contributed by atoms with Crippen LogP contribution < -0.4 is 5.32 Å². The fourth-order valence-corrected chi connectivity index (χ4v) is 1.72. The Hall–Kier alpha value is -1.41. The van der Waals surface area contributed by atoms with E-state index in [2.05, 4.69) is 21.2 Å². The highest BCUT2D eigenvalue weighted by atomic mass is 79.9. The number of halogens is 2. The molecule has 0 aliphatic rings. The summed E-state index contributed by atoms with van der Waals surface area (Å²) in [4.78, 5) is 11.7. The van der Waals surface area contributed by atoms with Gasteiger partial charge in [0.15, 0.2) is 0 Å². The molecule has 5 heteroatoms. The first kappa shape index (κ1) is 12.7. The number of nitriles is 1. The van der Waals surface area contributed by atoms with Crippen LogP contribution >= 0.6 is 15.9 Å². The predicted octanol–water partition coefficient (Wildman–Crippen LogP) is 2.62. The average molecular weight is 285 g/mol. The van der Waals surface area contributed by atoms with Crippen LogP contribution in [0.25, 0.3) is 0 Å². The van der Waals surface area contributed by atoms with E-state index in [1.54, 1.807) is 13.0 Å². The van der Waals surface area contributed by atoms with Gasteiger partial charge in [-0.2, -0.15) is 5.26 Å². The SMILES string of the molecule is CC(CC#N)NC(=O)c1c(F)cccc1Br. The molecule has 1 N–H and O–H groups in total. The van der Waals surface area contributed by atoms with Gasteiger partial charge in [-0.3, -0.25) is 4.79 Å². The quantitative estimate of drug-likeness (QED) is 0.928. The molecular formula is C11H10BrFN2O. The molecule has 0 fully saturated rings. The molecule has 0 heterocycles. The number of carbonyl (C=O) groups excluding carboxylic acids is 1. The van der Waals surface area contributed by atoms with E-state index in [4.69, 9.17) is 5.26 Å². The highest BCUT2D eigenvalue weighted by molar-refractivity contribution is 9.10. The summed E-state index contributed by atoms with van der Waals surface area (Å²) < 4.78 is 13.8. The minimum Gasteiger partial charge on any atom is -0.348 e. The lowest BCUT2D eigenvalue weighted by molar-refractivity contribution is 0.0936. The molecule has 3 nitrogen and oxygen atoms in total. The minimum absolute atomic E-state index is 0.0349. The van der Waals surface area contributed by atoms with Crippen molar-refractivity contribution in [3.8, 4) is 6.07 Å². The van der Waals surface area contributed by atoms with Crippen LogP contribution in [-0.2, 0) is 0 Å². The van der Waals surface area contributed by atoms with Crippen molar-refractivity contribution in [2.75, 3.05) is 0 Å². The topological polar surface area (TPSA) is 52.9 Å². The molecule has 1 aromatic rings. The van der Waals surface area contributed by atoms with Crippen LogP contribution in [-0.4, -0.2) is 11.9 Å². The Kier molecular flexibility index (Phi) is 4.44. The zero-order chi connectivity index (χ0) is 12.1. The van der Waals surface area contributed by atoms with E-state index < -0.39 is 11.7 Å². The summed E-state index contributed by atoms with van der Waals surface area (Å²) in [5.41, 5.74) is -0.0349. The first-order valence-corrected chi connectivity index (χ1v) is 5.47. The second-order valence-electron chi connectivity index (χ2n) is 3.33. The third-order valence-corrected chi connectivity index (χ3v) is 2.63. The number of nitrogens with one attached hydrogen (secondary N) is 1. The number of carbonyl (C=O) groups is 1. The summed E-state index contributed by atoms with van der Waals surface area (Å²) in [5.74, 6) is -1.11. The summed E-state index contributed by atoms with van der Waals surface area (Å²) in [6.45, 7) is 1.69. The van der Waals surface area contributed by atoms with Crippen LogP contribution in [0.1, 0.15) is 23.7 Å². The molecule has 0 saturated heterocycles. The second kappa shape index (κ2) is 5.61. The second-order valence-corrected chi connectivity index (χ2v) is 4.19. The summed E-state index contributed by atoms with van der Waals surface area (Å²) >= 11 is 3.11. The number of nitrogens with zero attached hydrogens (tertiary/aromatic N) is 1. The Morgan fingerprint density at radius 3 is 2.94 bits per heavy atom. The van der Waals surface area contributed by atoms with Crippen molar-refractivity contribution in [1.82, 2.24) is 5.32 Å². The normalized spacial score (nSPS) is 11.6. The highest BCUT2D eigenvalue weighted by Gasteiger charge is 2.16. The predicted molar refractivity (Wildman–Crippen MR) is 61.3 cm³/mol. The number of rotatable bonds is 3. The van der Waals surface area contributed by atoms with Crippen molar-refractivity contribution in [2.24, 2.45) is 0 Å². The van der Waals surface area contributed by atoms with Crippen molar-refractivity contribution in [3.63, 3.8) is 0 Å². The van der Waals surface area contributed by atoms with Gasteiger partial charge in [-0.15, -0.1) is 0 Å². The van der Waals surface area contributed by atoms with E-state index >= 15 is 0 Å². The van der Waals surface area contributed by atoms with E-state index in [1.165, 1.54) is 12.1 Å². The molecular weight excluding hydrogens is 275 g/mol. The summed E-state index contributed by atoms with van der Waals surface area (Å²) in [6, 6.07) is 5.95. The maximum absolute atomic E-state index is 13.4. The molecule has 1 aromatic carbocycles. The van der Waals surface area contributed by atoms with Crippen LogP contribution in [0.3, 0.4) is 0 Å². The van der Waals surface area contributed by atoms with Gasteiger partial charge in [0, 0.05) is 10.5 Å². The van der Waals surface area contributed by atoms with Gasteiger partial charge in [0.1, 0.15) is 5.82 Å². The van der Waals surface area contributed by atoms with Crippen molar-refractivity contribution < 1.29 is 9.18 Å². The van der Waals surface area contributed by atoms with Gasteiger partial charge < -0.3 is 5.32 Å². The smallest absolute Gasteiger partial charge is 0.255 e. The van der Waals surface area contributed by atoms with Crippen molar-refractivity contribution in [2.45, 2.75) is 19.4 Å². The fraction of sp³-hybridized carbons (Fsp3) is 0.273.